The molecule has 2 aromatic rings. The van der Waals surface area contributed by atoms with E-state index in [1.165, 1.54) is 24.7 Å². The van der Waals surface area contributed by atoms with Gasteiger partial charge in [-0.25, -0.2) is 4.79 Å². The van der Waals surface area contributed by atoms with E-state index in [4.69, 9.17) is 0 Å². The van der Waals surface area contributed by atoms with Crippen LogP contribution in [0.1, 0.15) is 17.9 Å². The number of amides is 1. The predicted molar refractivity (Wildman–Crippen MR) is 82.8 cm³/mol. The lowest BCUT2D eigenvalue weighted by atomic mass is 10.1. The second-order valence-electron chi connectivity index (χ2n) is 5.62. The molecule has 0 aliphatic heterocycles. The molecule has 1 saturated carbocycles. The number of benzene rings is 1. The van der Waals surface area contributed by atoms with Gasteiger partial charge < -0.3 is 5.32 Å². The minimum atomic E-state index is -0.460. The third kappa shape index (κ3) is 2.47. The lowest BCUT2D eigenvalue weighted by molar-refractivity contribution is -0.117. The highest BCUT2D eigenvalue weighted by Gasteiger charge is 2.44. The molecule has 2 atom stereocenters. The Morgan fingerprint density at radius 2 is 1.82 bits per heavy atom. The molecule has 1 heterocycles. The Kier molecular flexibility index (Phi) is 3.44. The molecule has 3 rings (SSSR count). The van der Waals surface area contributed by atoms with Gasteiger partial charge in [-0.2, -0.15) is 0 Å². The van der Waals surface area contributed by atoms with Gasteiger partial charge in [0.1, 0.15) is 5.82 Å². The van der Waals surface area contributed by atoms with Gasteiger partial charge in [0.05, 0.1) is 0 Å². The Hall–Kier alpha value is -2.63. The van der Waals surface area contributed by atoms with Crippen molar-refractivity contribution >= 4 is 11.7 Å². The van der Waals surface area contributed by atoms with Crippen LogP contribution in [0.25, 0.3) is 0 Å². The number of anilines is 1. The van der Waals surface area contributed by atoms with E-state index >= 15 is 0 Å². The summed E-state index contributed by atoms with van der Waals surface area (Å²) in [6.07, 6.45) is 0.786. The highest BCUT2D eigenvalue weighted by molar-refractivity contribution is 5.94. The third-order valence-corrected chi connectivity index (χ3v) is 4.13. The van der Waals surface area contributed by atoms with E-state index in [2.05, 4.69) is 5.32 Å². The second-order valence-corrected chi connectivity index (χ2v) is 5.62. The fourth-order valence-corrected chi connectivity index (χ4v) is 2.63. The molecule has 2 unspecified atom stereocenters. The first-order valence-electron chi connectivity index (χ1n) is 7.12. The standard InChI is InChI=1S/C16H17N3O3/c1-18-13(9-14(20)19(2)16(18)22)17-15(21)12-8-11(12)10-6-4-3-5-7-10/h3-7,9,11-12H,8H2,1-2H3,(H,17,21). The molecule has 0 bridgehead atoms. The van der Waals surface area contributed by atoms with Gasteiger partial charge in [-0.15, -0.1) is 0 Å². The number of hydrogen-bond donors (Lipinski definition) is 1. The Labute approximate surface area is 127 Å². The van der Waals surface area contributed by atoms with E-state index in [1.807, 2.05) is 30.3 Å². The number of hydrogen-bond acceptors (Lipinski definition) is 3. The summed E-state index contributed by atoms with van der Waals surface area (Å²) in [6, 6.07) is 11.1. The first kappa shape index (κ1) is 14.3. The molecule has 6 heteroatoms. The van der Waals surface area contributed by atoms with Crippen LogP contribution in [0.4, 0.5) is 5.82 Å². The van der Waals surface area contributed by atoms with E-state index in [1.54, 1.807) is 0 Å². The predicted octanol–water partition coefficient (Wildman–Crippen LogP) is 0.826. The maximum atomic E-state index is 12.3. The minimum absolute atomic E-state index is 0.110. The van der Waals surface area contributed by atoms with Gasteiger partial charge in [0.2, 0.25) is 5.91 Å². The molecule has 1 aliphatic rings. The normalized spacial score (nSPS) is 19.7. The minimum Gasteiger partial charge on any atom is -0.312 e. The summed E-state index contributed by atoms with van der Waals surface area (Å²) in [5, 5.41) is 2.69. The molecular weight excluding hydrogens is 282 g/mol. The van der Waals surface area contributed by atoms with Crippen LogP contribution < -0.4 is 16.6 Å². The van der Waals surface area contributed by atoms with Crippen LogP contribution in [0, 0.1) is 5.92 Å². The smallest absolute Gasteiger partial charge is 0.312 e. The Morgan fingerprint density at radius 3 is 2.50 bits per heavy atom. The summed E-state index contributed by atoms with van der Waals surface area (Å²) in [4.78, 5) is 35.8. The van der Waals surface area contributed by atoms with Crippen LogP contribution in [-0.4, -0.2) is 15.0 Å². The van der Waals surface area contributed by atoms with Gasteiger partial charge in [-0.1, -0.05) is 30.3 Å². The first-order valence-corrected chi connectivity index (χ1v) is 7.12. The molecule has 1 fully saturated rings. The number of nitrogens with one attached hydrogen (secondary N) is 1. The molecule has 22 heavy (non-hydrogen) atoms. The number of rotatable bonds is 3. The van der Waals surface area contributed by atoms with E-state index < -0.39 is 11.2 Å². The van der Waals surface area contributed by atoms with Crippen LogP contribution in [0.5, 0.6) is 0 Å². The van der Waals surface area contributed by atoms with Crippen molar-refractivity contribution in [3.8, 4) is 0 Å². The molecule has 1 aromatic carbocycles. The van der Waals surface area contributed by atoms with Crippen molar-refractivity contribution < 1.29 is 4.79 Å². The average molecular weight is 299 g/mol. The number of carbonyl (C=O) groups excluding carboxylic acids is 1. The van der Waals surface area contributed by atoms with Gasteiger partial charge in [0.25, 0.3) is 5.56 Å². The zero-order valence-corrected chi connectivity index (χ0v) is 12.4. The summed E-state index contributed by atoms with van der Waals surface area (Å²) < 4.78 is 2.26. The molecule has 1 aromatic heterocycles. The summed E-state index contributed by atoms with van der Waals surface area (Å²) in [5.41, 5.74) is 0.243. The quantitative estimate of drug-likeness (QED) is 0.912. The largest absolute Gasteiger partial charge is 0.332 e. The molecule has 6 nitrogen and oxygen atoms in total. The molecule has 1 N–H and O–H groups in total. The zero-order chi connectivity index (χ0) is 15.9. The number of carbonyl (C=O) groups is 1. The Morgan fingerprint density at radius 1 is 1.14 bits per heavy atom. The lowest BCUT2D eigenvalue weighted by Gasteiger charge is -2.10. The van der Waals surface area contributed by atoms with Crippen LogP contribution in [0.15, 0.2) is 46.0 Å². The van der Waals surface area contributed by atoms with Crippen molar-refractivity contribution in [2.24, 2.45) is 20.0 Å². The van der Waals surface area contributed by atoms with Crippen LogP contribution in [0.3, 0.4) is 0 Å². The van der Waals surface area contributed by atoms with Crippen molar-refractivity contribution in [1.82, 2.24) is 9.13 Å². The summed E-state index contributed by atoms with van der Waals surface area (Å²) >= 11 is 0. The van der Waals surface area contributed by atoms with E-state index in [9.17, 15) is 14.4 Å². The Balaban J connectivity index is 1.77. The number of aromatic nitrogens is 2. The summed E-state index contributed by atoms with van der Waals surface area (Å²) in [7, 11) is 2.93. The van der Waals surface area contributed by atoms with Crippen molar-refractivity contribution in [3.05, 3.63) is 62.8 Å². The zero-order valence-electron chi connectivity index (χ0n) is 12.4. The summed E-state index contributed by atoms with van der Waals surface area (Å²) in [6.45, 7) is 0. The first-order chi connectivity index (χ1) is 10.5. The van der Waals surface area contributed by atoms with Gasteiger partial charge in [-0.05, 0) is 17.9 Å². The maximum absolute atomic E-state index is 12.3. The SMILES string of the molecule is Cn1c(NC(=O)C2CC2c2ccccc2)cc(=O)n(C)c1=O. The number of nitrogens with zero attached hydrogens (tertiary/aromatic N) is 2. The van der Waals surface area contributed by atoms with Crippen LogP contribution >= 0.6 is 0 Å². The van der Waals surface area contributed by atoms with Crippen molar-refractivity contribution in [1.29, 1.82) is 0 Å². The highest BCUT2D eigenvalue weighted by Crippen LogP contribution is 2.47. The molecular formula is C16H17N3O3. The third-order valence-electron chi connectivity index (χ3n) is 4.13. The molecule has 0 radical (unpaired) electrons. The van der Waals surface area contributed by atoms with Gasteiger partial charge in [-0.3, -0.25) is 18.7 Å². The topological polar surface area (TPSA) is 73.1 Å². The molecule has 1 aliphatic carbocycles. The van der Waals surface area contributed by atoms with E-state index in [-0.39, 0.29) is 23.6 Å². The molecule has 1 amide bonds. The fraction of sp³-hybridized carbons (Fsp3) is 0.312. The second kappa shape index (κ2) is 5.29. The Bertz CT molecular complexity index is 836. The van der Waals surface area contributed by atoms with Crippen molar-refractivity contribution in [2.45, 2.75) is 12.3 Å². The van der Waals surface area contributed by atoms with E-state index in [0.717, 1.165) is 16.6 Å². The molecule has 0 saturated heterocycles. The van der Waals surface area contributed by atoms with Gasteiger partial charge >= 0.3 is 5.69 Å². The average Bonchev–Trinajstić information content (AvgIpc) is 3.32. The van der Waals surface area contributed by atoms with Crippen molar-refractivity contribution in [2.75, 3.05) is 5.32 Å². The highest BCUT2D eigenvalue weighted by atomic mass is 16.2. The van der Waals surface area contributed by atoms with Gasteiger partial charge in [0.15, 0.2) is 0 Å². The fourth-order valence-electron chi connectivity index (χ4n) is 2.63. The van der Waals surface area contributed by atoms with Gasteiger partial charge in [0, 0.05) is 26.1 Å². The lowest BCUT2D eigenvalue weighted by Crippen LogP contribution is -2.38. The van der Waals surface area contributed by atoms with Crippen LogP contribution in [-0.2, 0) is 18.9 Å². The molecule has 114 valence electrons. The maximum Gasteiger partial charge on any atom is 0.332 e. The summed E-state index contributed by atoms with van der Waals surface area (Å²) in [5.74, 6) is 0.181. The molecule has 0 spiro atoms. The van der Waals surface area contributed by atoms with Crippen LogP contribution in [0.2, 0.25) is 0 Å². The van der Waals surface area contributed by atoms with E-state index in [0.29, 0.717) is 0 Å². The van der Waals surface area contributed by atoms with Crippen molar-refractivity contribution in [3.63, 3.8) is 0 Å². The monoisotopic (exact) mass is 299 g/mol.